The van der Waals surface area contributed by atoms with Crippen molar-refractivity contribution < 1.29 is 9.59 Å². The first-order valence-corrected chi connectivity index (χ1v) is 8.48. The van der Waals surface area contributed by atoms with E-state index in [1.165, 1.54) is 0 Å². The Labute approximate surface area is 152 Å². The molecule has 26 heavy (non-hydrogen) atoms. The van der Waals surface area contributed by atoms with Crippen LogP contribution in [0.2, 0.25) is 0 Å². The second-order valence-corrected chi connectivity index (χ2v) is 6.12. The minimum absolute atomic E-state index is 0.117. The topological polar surface area (TPSA) is 84.2 Å². The summed E-state index contributed by atoms with van der Waals surface area (Å²) in [6, 6.07) is 22.4. The number of carbonyl (C=O) groups excluding carboxylic acids is 2. The molecular formula is C21H21N3O2. The number of nitrogens with one attached hydrogen (secondary N) is 2. The van der Waals surface area contributed by atoms with Gasteiger partial charge in [0.15, 0.2) is 0 Å². The molecule has 3 aromatic rings. The summed E-state index contributed by atoms with van der Waals surface area (Å²) in [5.74, 6) is -0.636. The molecular weight excluding hydrogens is 326 g/mol. The molecule has 0 bridgehead atoms. The number of fused-ring (bicyclic) bond motifs is 1. The normalized spacial score (nSPS) is 11.7. The highest BCUT2D eigenvalue weighted by Gasteiger charge is 2.15. The molecule has 0 aliphatic rings. The molecule has 4 N–H and O–H groups in total. The zero-order chi connectivity index (χ0) is 18.4. The van der Waals surface area contributed by atoms with Crippen molar-refractivity contribution in [2.75, 3.05) is 11.9 Å². The lowest BCUT2D eigenvalue weighted by molar-refractivity contribution is -0.125. The predicted octanol–water partition coefficient (Wildman–Crippen LogP) is 2.46. The Morgan fingerprint density at radius 1 is 0.885 bits per heavy atom. The minimum atomic E-state index is -0.689. The van der Waals surface area contributed by atoms with Gasteiger partial charge in [0.1, 0.15) is 0 Å². The Hall–Kier alpha value is -3.18. The Bertz CT molecular complexity index is 909. The summed E-state index contributed by atoms with van der Waals surface area (Å²) in [5.41, 5.74) is 7.58. The number of rotatable bonds is 6. The molecule has 0 spiro atoms. The zero-order valence-electron chi connectivity index (χ0n) is 14.3. The van der Waals surface area contributed by atoms with Crippen LogP contribution in [0.25, 0.3) is 10.8 Å². The van der Waals surface area contributed by atoms with Crippen molar-refractivity contribution in [3.05, 3.63) is 78.4 Å². The molecule has 2 amide bonds. The van der Waals surface area contributed by atoms with E-state index in [1.807, 2.05) is 72.8 Å². The summed E-state index contributed by atoms with van der Waals surface area (Å²) < 4.78 is 0. The van der Waals surface area contributed by atoms with Gasteiger partial charge in [-0.05, 0) is 34.9 Å². The van der Waals surface area contributed by atoms with Crippen LogP contribution >= 0.6 is 0 Å². The maximum Gasteiger partial charge on any atom is 0.243 e. The van der Waals surface area contributed by atoms with Gasteiger partial charge in [-0.25, -0.2) is 0 Å². The van der Waals surface area contributed by atoms with E-state index in [0.717, 1.165) is 16.3 Å². The van der Waals surface area contributed by atoms with Gasteiger partial charge in [-0.2, -0.15) is 0 Å². The summed E-state index contributed by atoms with van der Waals surface area (Å²) in [4.78, 5) is 24.1. The third-order valence-electron chi connectivity index (χ3n) is 4.09. The second kappa shape index (κ2) is 8.27. The lowest BCUT2D eigenvalue weighted by Crippen LogP contribution is -2.44. The van der Waals surface area contributed by atoms with E-state index in [4.69, 9.17) is 5.73 Å². The van der Waals surface area contributed by atoms with Crippen LogP contribution in [0, 0.1) is 0 Å². The van der Waals surface area contributed by atoms with Crippen molar-refractivity contribution in [3.63, 3.8) is 0 Å². The van der Waals surface area contributed by atoms with Crippen LogP contribution in [0.1, 0.15) is 5.56 Å². The molecule has 5 heteroatoms. The van der Waals surface area contributed by atoms with Crippen LogP contribution in [0.5, 0.6) is 0 Å². The number of benzene rings is 3. The van der Waals surface area contributed by atoms with Crippen molar-refractivity contribution in [2.24, 2.45) is 5.73 Å². The molecule has 0 unspecified atom stereocenters. The maximum atomic E-state index is 12.1. The number of hydrogen-bond donors (Lipinski definition) is 3. The van der Waals surface area contributed by atoms with Crippen molar-refractivity contribution in [1.82, 2.24) is 5.32 Å². The lowest BCUT2D eigenvalue weighted by atomic mass is 10.1. The quantitative estimate of drug-likeness (QED) is 0.640. The fourth-order valence-electron chi connectivity index (χ4n) is 2.73. The molecule has 0 heterocycles. The Morgan fingerprint density at radius 3 is 2.35 bits per heavy atom. The SMILES string of the molecule is N[C@@H](Cc1ccccc1)C(=O)NCC(=O)Nc1ccc2ccccc2c1. The highest BCUT2D eigenvalue weighted by molar-refractivity contribution is 5.97. The van der Waals surface area contributed by atoms with E-state index in [0.29, 0.717) is 12.1 Å². The van der Waals surface area contributed by atoms with Crippen LogP contribution in [0.4, 0.5) is 5.69 Å². The standard InChI is InChI=1S/C21H21N3O2/c22-19(12-15-6-2-1-3-7-15)21(26)23-14-20(25)24-18-11-10-16-8-4-5-9-17(16)13-18/h1-11,13,19H,12,14,22H2,(H,23,26)(H,24,25)/t19-/m0/s1. The molecule has 5 nitrogen and oxygen atoms in total. The molecule has 0 aliphatic carbocycles. The number of hydrogen-bond acceptors (Lipinski definition) is 3. The van der Waals surface area contributed by atoms with Gasteiger partial charge >= 0.3 is 0 Å². The van der Waals surface area contributed by atoms with Crippen molar-refractivity contribution in [3.8, 4) is 0 Å². The smallest absolute Gasteiger partial charge is 0.243 e. The van der Waals surface area contributed by atoms with Gasteiger partial charge in [0.2, 0.25) is 11.8 Å². The van der Waals surface area contributed by atoms with E-state index < -0.39 is 6.04 Å². The van der Waals surface area contributed by atoms with Crippen LogP contribution in [0.3, 0.4) is 0 Å². The Kier molecular flexibility index (Phi) is 5.61. The number of amides is 2. The largest absolute Gasteiger partial charge is 0.346 e. The van der Waals surface area contributed by atoms with Gasteiger partial charge < -0.3 is 16.4 Å². The van der Waals surface area contributed by atoms with E-state index in [1.54, 1.807) is 0 Å². The molecule has 0 saturated heterocycles. The lowest BCUT2D eigenvalue weighted by Gasteiger charge is -2.12. The summed E-state index contributed by atoms with van der Waals surface area (Å²) in [7, 11) is 0. The summed E-state index contributed by atoms with van der Waals surface area (Å²) >= 11 is 0. The number of anilines is 1. The van der Waals surface area contributed by atoms with Crippen LogP contribution in [0.15, 0.2) is 72.8 Å². The third kappa shape index (κ3) is 4.68. The van der Waals surface area contributed by atoms with Gasteiger partial charge in [-0.1, -0.05) is 60.7 Å². The van der Waals surface area contributed by atoms with Gasteiger partial charge in [0.05, 0.1) is 12.6 Å². The number of carbonyl (C=O) groups is 2. The fourth-order valence-corrected chi connectivity index (χ4v) is 2.73. The van der Waals surface area contributed by atoms with Gasteiger partial charge in [-0.3, -0.25) is 9.59 Å². The van der Waals surface area contributed by atoms with E-state index in [9.17, 15) is 9.59 Å². The van der Waals surface area contributed by atoms with Gasteiger partial charge in [0, 0.05) is 5.69 Å². The Morgan fingerprint density at radius 2 is 1.58 bits per heavy atom. The molecule has 0 radical (unpaired) electrons. The highest BCUT2D eigenvalue weighted by atomic mass is 16.2. The van der Waals surface area contributed by atoms with Gasteiger partial charge in [0.25, 0.3) is 0 Å². The van der Waals surface area contributed by atoms with E-state index in [2.05, 4.69) is 10.6 Å². The molecule has 132 valence electrons. The Balaban J connectivity index is 1.50. The molecule has 0 fully saturated rings. The second-order valence-electron chi connectivity index (χ2n) is 6.12. The van der Waals surface area contributed by atoms with Crippen molar-refractivity contribution in [1.29, 1.82) is 0 Å². The molecule has 0 aromatic heterocycles. The number of nitrogens with two attached hydrogens (primary N) is 1. The fraction of sp³-hybridized carbons (Fsp3) is 0.143. The first-order chi connectivity index (χ1) is 12.6. The molecule has 1 atom stereocenters. The molecule has 0 saturated carbocycles. The van der Waals surface area contributed by atoms with Crippen molar-refractivity contribution in [2.45, 2.75) is 12.5 Å². The monoisotopic (exact) mass is 347 g/mol. The van der Waals surface area contributed by atoms with Crippen LogP contribution in [-0.2, 0) is 16.0 Å². The average Bonchev–Trinajstić information content (AvgIpc) is 2.66. The van der Waals surface area contributed by atoms with E-state index in [-0.39, 0.29) is 18.4 Å². The summed E-state index contributed by atoms with van der Waals surface area (Å²) in [5, 5.41) is 7.51. The van der Waals surface area contributed by atoms with Crippen molar-refractivity contribution >= 4 is 28.3 Å². The minimum Gasteiger partial charge on any atom is -0.346 e. The van der Waals surface area contributed by atoms with E-state index >= 15 is 0 Å². The van der Waals surface area contributed by atoms with Gasteiger partial charge in [-0.15, -0.1) is 0 Å². The molecule has 3 aromatic carbocycles. The zero-order valence-corrected chi connectivity index (χ0v) is 14.3. The summed E-state index contributed by atoms with van der Waals surface area (Å²) in [6.45, 7) is -0.117. The molecule has 0 aliphatic heterocycles. The molecule has 3 rings (SSSR count). The maximum absolute atomic E-state index is 12.1. The van der Waals surface area contributed by atoms with Crippen LogP contribution < -0.4 is 16.4 Å². The average molecular weight is 347 g/mol. The first kappa shape index (κ1) is 17.6. The summed E-state index contributed by atoms with van der Waals surface area (Å²) in [6.07, 6.45) is 0.430. The predicted molar refractivity (Wildman–Crippen MR) is 104 cm³/mol. The first-order valence-electron chi connectivity index (χ1n) is 8.48. The highest BCUT2D eigenvalue weighted by Crippen LogP contribution is 2.18. The van der Waals surface area contributed by atoms with Crippen LogP contribution in [-0.4, -0.2) is 24.4 Å². The third-order valence-corrected chi connectivity index (χ3v) is 4.09.